The summed E-state index contributed by atoms with van der Waals surface area (Å²) >= 11 is 18.6. The second kappa shape index (κ2) is 13.8. The maximum Gasteiger partial charge on any atom is 0.243 e. The molecular formula is C27H24Cl4FN3O2. The van der Waals surface area contributed by atoms with Crippen LogP contribution in [0.2, 0.25) is 15.1 Å². The maximum atomic E-state index is 13.8. The number of amides is 1. The van der Waals surface area contributed by atoms with E-state index in [9.17, 15) is 9.18 Å². The summed E-state index contributed by atoms with van der Waals surface area (Å²) in [7, 11) is 0. The molecule has 1 amide bonds. The molecule has 4 aromatic rings. The summed E-state index contributed by atoms with van der Waals surface area (Å²) in [6.45, 7) is 1.30. The van der Waals surface area contributed by atoms with Crippen LogP contribution in [0.15, 0.2) is 85.5 Å². The van der Waals surface area contributed by atoms with Crippen molar-refractivity contribution in [2.45, 2.75) is 32.2 Å². The molecule has 1 N–H and O–H groups in total. The first-order valence-corrected chi connectivity index (χ1v) is 12.4. The highest BCUT2D eigenvalue weighted by Gasteiger charge is 2.20. The minimum absolute atomic E-state index is 0. The predicted molar refractivity (Wildman–Crippen MR) is 140 cm³/mol. The van der Waals surface area contributed by atoms with Crippen LogP contribution in [0.5, 0.6) is 0 Å². The van der Waals surface area contributed by atoms with Gasteiger partial charge in [0, 0.05) is 20.6 Å². The number of aryl methyl sites for hydroxylation is 1. The first-order valence-electron chi connectivity index (χ1n) is 11.3. The van der Waals surface area contributed by atoms with E-state index in [1.54, 1.807) is 24.3 Å². The van der Waals surface area contributed by atoms with Crippen molar-refractivity contribution < 1.29 is 30.9 Å². The van der Waals surface area contributed by atoms with E-state index in [1.165, 1.54) is 12.1 Å². The summed E-state index contributed by atoms with van der Waals surface area (Å²) in [4.78, 5) is 12.3. The van der Waals surface area contributed by atoms with Crippen molar-refractivity contribution in [3.63, 3.8) is 0 Å². The molecule has 5 nitrogen and oxygen atoms in total. The fourth-order valence-electron chi connectivity index (χ4n) is 3.66. The highest BCUT2D eigenvalue weighted by molar-refractivity contribution is 6.35. The van der Waals surface area contributed by atoms with Gasteiger partial charge in [0.2, 0.25) is 12.2 Å². The van der Waals surface area contributed by atoms with Gasteiger partial charge in [0.25, 0.3) is 0 Å². The van der Waals surface area contributed by atoms with E-state index < -0.39 is 5.82 Å². The van der Waals surface area contributed by atoms with Gasteiger partial charge in [0.15, 0.2) is 0 Å². The maximum absolute atomic E-state index is 13.8. The molecule has 1 heterocycles. The number of imidazole rings is 1. The van der Waals surface area contributed by atoms with Crippen molar-refractivity contribution >= 4 is 46.4 Å². The number of nitrogens with one attached hydrogen (secondary N) is 1. The van der Waals surface area contributed by atoms with E-state index in [-0.39, 0.29) is 36.5 Å². The third kappa shape index (κ3) is 8.45. The minimum atomic E-state index is -0.463. The molecule has 1 aromatic heterocycles. The van der Waals surface area contributed by atoms with Crippen molar-refractivity contribution in [3.8, 4) is 0 Å². The normalized spacial score (nSPS) is 11.6. The van der Waals surface area contributed by atoms with Gasteiger partial charge in [0.1, 0.15) is 30.9 Å². The van der Waals surface area contributed by atoms with E-state index in [2.05, 4.69) is 5.32 Å². The molecule has 0 fully saturated rings. The zero-order valence-corrected chi connectivity index (χ0v) is 22.6. The highest BCUT2D eigenvalue weighted by Crippen LogP contribution is 2.29. The van der Waals surface area contributed by atoms with Gasteiger partial charge in [-0.15, -0.1) is 0 Å². The molecule has 0 spiro atoms. The van der Waals surface area contributed by atoms with Crippen LogP contribution in [0.4, 0.5) is 10.1 Å². The van der Waals surface area contributed by atoms with Gasteiger partial charge in [-0.05, 0) is 42.0 Å². The lowest BCUT2D eigenvalue weighted by atomic mass is 10.1. The summed E-state index contributed by atoms with van der Waals surface area (Å²) in [5, 5.41) is 4.33. The molecule has 0 aliphatic carbocycles. The number of rotatable bonds is 10. The van der Waals surface area contributed by atoms with Gasteiger partial charge in [0.05, 0.1) is 25.3 Å². The number of nitrogens with zero attached hydrogens (tertiary/aromatic N) is 2. The molecule has 3 aromatic carbocycles. The first kappa shape index (κ1) is 29.0. The number of para-hydroxylation sites is 1. The largest absolute Gasteiger partial charge is 1.00 e. The van der Waals surface area contributed by atoms with Crippen LogP contribution in [0.25, 0.3) is 0 Å². The molecule has 1 atom stereocenters. The smallest absolute Gasteiger partial charge is 0.243 e. The van der Waals surface area contributed by atoms with Gasteiger partial charge in [-0.2, -0.15) is 0 Å². The lowest BCUT2D eigenvalue weighted by molar-refractivity contribution is -0.704. The van der Waals surface area contributed by atoms with Crippen LogP contribution in [-0.4, -0.2) is 10.5 Å². The van der Waals surface area contributed by atoms with Crippen LogP contribution in [-0.2, 0) is 29.2 Å². The summed E-state index contributed by atoms with van der Waals surface area (Å²) < 4.78 is 23.9. The average molecular weight is 583 g/mol. The number of hydrogen-bond donors (Lipinski definition) is 1. The van der Waals surface area contributed by atoms with Gasteiger partial charge in [-0.1, -0.05) is 65.1 Å². The number of carbonyl (C=O) groups excluding carboxylic acids is 1. The Hall–Kier alpha value is -2.61. The fourth-order valence-corrected chi connectivity index (χ4v) is 4.31. The van der Waals surface area contributed by atoms with E-state index in [0.717, 1.165) is 11.1 Å². The standard InChI is InChI=1S/C27H23Cl3FN3O2.ClH/c28-20-7-5-19(6-8-20)17-36-26(22-10-9-21(29)15-23(22)30)16-34-14-13-33(18-34)12-11-27(35)32-25-4-2-1-3-24(25)31;/h1-10,13-15,18,26H,11-12,16-17H2;1H. The third-order valence-electron chi connectivity index (χ3n) is 5.54. The Morgan fingerprint density at radius 3 is 2.49 bits per heavy atom. The van der Waals surface area contributed by atoms with Crippen molar-refractivity contribution in [2.75, 3.05) is 5.32 Å². The first-order chi connectivity index (χ1) is 17.4. The van der Waals surface area contributed by atoms with Gasteiger partial charge in [-0.25, -0.2) is 13.5 Å². The van der Waals surface area contributed by atoms with Crippen LogP contribution >= 0.6 is 34.8 Å². The molecule has 0 saturated heterocycles. The zero-order valence-electron chi connectivity index (χ0n) is 19.6. The number of benzene rings is 3. The van der Waals surface area contributed by atoms with Crippen molar-refractivity contribution in [1.29, 1.82) is 0 Å². The number of carbonyl (C=O) groups is 1. The number of anilines is 1. The Balaban J connectivity index is 0.00000380. The monoisotopic (exact) mass is 581 g/mol. The lowest BCUT2D eigenvalue weighted by Crippen LogP contribution is -3.00. The second-order valence-electron chi connectivity index (χ2n) is 8.22. The summed E-state index contributed by atoms with van der Waals surface area (Å²) in [5.41, 5.74) is 1.98. The minimum Gasteiger partial charge on any atom is -1.00 e. The van der Waals surface area contributed by atoms with Crippen LogP contribution in [0.3, 0.4) is 0 Å². The van der Waals surface area contributed by atoms with E-state index in [0.29, 0.717) is 34.8 Å². The molecular weight excluding hydrogens is 559 g/mol. The molecule has 0 radical (unpaired) electrons. The molecule has 194 valence electrons. The summed E-state index contributed by atoms with van der Waals surface area (Å²) in [6.07, 6.45) is 5.50. The second-order valence-corrected chi connectivity index (χ2v) is 9.50. The SMILES string of the molecule is O=C(CCn1cc[n+](CC(OCc2ccc(Cl)cc2)c2ccc(Cl)cc2Cl)c1)Nc1ccccc1F.[Cl-]. The highest BCUT2D eigenvalue weighted by atomic mass is 35.5. The molecule has 0 aliphatic heterocycles. The van der Waals surface area contributed by atoms with Crippen LogP contribution < -0.4 is 22.3 Å². The van der Waals surface area contributed by atoms with Crippen molar-refractivity contribution in [3.05, 3.63) is 117 Å². The van der Waals surface area contributed by atoms with Crippen molar-refractivity contribution in [2.24, 2.45) is 0 Å². The Morgan fingerprint density at radius 1 is 1.03 bits per heavy atom. The Bertz CT molecular complexity index is 1330. The van der Waals surface area contributed by atoms with Gasteiger partial charge < -0.3 is 22.5 Å². The topological polar surface area (TPSA) is 47.1 Å². The Morgan fingerprint density at radius 2 is 1.76 bits per heavy atom. The fraction of sp³-hybridized carbons (Fsp3) is 0.185. The molecule has 1 unspecified atom stereocenters. The molecule has 10 heteroatoms. The van der Waals surface area contributed by atoms with E-state index >= 15 is 0 Å². The van der Waals surface area contributed by atoms with Crippen molar-refractivity contribution in [1.82, 2.24) is 4.57 Å². The van der Waals surface area contributed by atoms with Crippen LogP contribution in [0.1, 0.15) is 23.7 Å². The Kier molecular flexibility index (Phi) is 10.8. The number of aromatic nitrogens is 2. The molecule has 0 aliphatic rings. The predicted octanol–water partition coefficient (Wildman–Crippen LogP) is 3.87. The lowest BCUT2D eigenvalue weighted by Gasteiger charge is -2.18. The van der Waals surface area contributed by atoms with Crippen LogP contribution in [0, 0.1) is 5.82 Å². The van der Waals surface area contributed by atoms with E-state index in [4.69, 9.17) is 39.5 Å². The summed E-state index contributed by atoms with van der Waals surface area (Å²) in [5.74, 6) is -0.729. The molecule has 37 heavy (non-hydrogen) atoms. The molecule has 0 saturated carbocycles. The zero-order chi connectivity index (χ0) is 25.5. The Labute approximate surface area is 236 Å². The summed E-state index contributed by atoms with van der Waals surface area (Å²) in [6, 6.07) is 18.9. The van der Waals surface area contributed by atoms with Gasteiger partial charge in [-0.3, -0.25) is 4.79 Å². The van der Waals surface area contributed by atoms with E-state index in [1.807, 2.05) is 58.2 Å². The number of halogens is 5. The quantitative estimate of drug-likeness (QED) is 0.289. The van der Waals surface area contributed by atoms with Gasteiger partial charge >= 0.3 is 0 Å². The number of hydrogen-bond acceptors (Lipinski definition) is 2. The molecule has 0 bridgehead atoms. The molecule has 4 rings (SSSR count). The number of ether oxygens (including phenoxy) is 1. The average Bonchev–Trinajstić information content (AvgIpc) is 3.30. The third-order valence-corrected chi connectivity index (χ3v) is 6.36.